The first-order chi connectivity index (χ1) is 10.6. The summed E-state index contributed by atoms with van der Waals surface area (Å²) in [7, 11) is 3.06. The normalized spacial score (nSPS) is 10.6. The first kappa shape index (κ1) is 15.4. The Labute approximate surface area is 126 Å². The monoisotopic (exact) mass is 304 g/mol. The quantitative estimate of drug-likeness (QED) is 0.530. The largest absolute Gasteiger partial charge is 0.493 e. The Morgan fingerprint density at radius 1 is 1.32 bits per heavy atom. The van der Waals surface area contributed by atoms with Gasteiger partial charge in [0.2, 0.25) is 5.91 Å². The zero-order chi connectivity index (χ0) is 15.9. The molecule has 1 aromatic carbocycles. The number of amides is 1. The molecule has 116 valence electrons. The fraction of sp³-hybridized carbons (Fsp3) is 0.214. The lowest BCUT2D eigenvalue weighted by Gasteiger charge is -2.09. The number of nitrogens with one attached hydrogen (secondary N) is 3. The number of aromatic amines is 2. The van der Waals surface area contributed by atoms with Crippen molar-refractivity contribution in [2.75, 3.05) is 14.2 Å². The van der Waals surface area contributed by atoms with Crippen molar-refractivity contribution in [3.8, 4) is 11.5 Å². The van der Waals surface area contributed by atoms with Crippen LogP contribution < -0.4 is 20.5 Å². The molecule has 0 unspecified atom stereocenters. The second-order valence-corrected chi connectivity index (χ2v) is 4.34. The summed E-state index contributed by atoms with van der Waals surface area (Å²) in [5.74, 6) is 0.744. The number of methoxy groups -OCH3 is 2. The van der Waals surface area contributed by atoms with Crippen molar-refractivity contribution in [1.29, 1.82) is 0 Å². The van der Waals surface area contributed by atoms with Crippen LogP contribution in [0.5, 0.6) is 11.5 Å². The van der Waals surface area contributed by atoms with E-state index in [0.717, 1.165) is 0 Å². The second kappa shape index (κ2) is 7.11. The Morgan fingerprint density at radius 3 is 2.77 bits per heavy atom. The van der Waals surface area contributed by atoms with Gasteiger partial charge in [-0.3, -0.25) is 14.7 Å². The van der Waals surface area contributed by atoms with Gasteiger partial charge in [0.25, 0.3) is 5.56 Å². The molecule has 0 saturated heterocycles. The number of rotatable bonds is 6. The zero-order valence-corrected chi connectivity index (χ0v) is 12.2. The predicted octanol–water partition coefficient (Wildman–Crippen LogP) is 0.413. The van der Waals surface area contributed by atoms with Crippen molar-refractivity contribution in [3.63, 3.8) is 0 Å². The molecule has 3 N–H and O–H groups in total. The summed E-state index contributed by atoms with van der Waals surface area (Å²) >= 11 is 0. The van der Waals surface area contributed by atoms with E-state index in [2.05, 4.69) is 20.7 Å². The first-order valence-electron chi connectivity index (χ1n) is 6.43. The molecule has 1 aromatic heterocycles. The highest BCUT2D eigenvalue weighted by atomic mass is 16.5. The van der Waals surface area contributed by atoms with Gasteiger partial charge in [-0.15, -0.1) is 0 Å². The summed E-state index contributed by atoms with van der Waals surface area (Å²) < 4.78 is 10.4. The van der Waals surface area contributed by atoms with Crippen LogP contribution in [0.25, 0.3) is 0 Å². The van der Waals surface area contributed by atoms with Gasteiger partial charge in [0, 0.05) is 17.3 Å². The van der Waals surface area contributed by atoms with Crippen LogP contribution in [0.15, 0.2) is 34.2 Å². The Balaban J connectivity index is 2.00. The van der Waals surface area contributed by atoms with Crippen molar-refractivity contribution in [3.05, 3.63) is 45.9 Å². The Hall–Kier alpha value is -3.03. The number of H-pyrrole nitrogens is 2. The molecule has 0 aliphatic heterocycles. The molecule has 0 fully saturated rings. The average molecular weight is 304 g/mol. The lowest BCUT2D eigenvalue weighted by molar-refractivity contribution is -0.120. The molecule has 22 heavy (non-hydrogen) atoms. The smallest absolute Gasteiger partial charge is 0.264 e. The summed E-state index contributed by atoms with van der Waals surface area (Å²) in [4.78, 5) is 22.6. The van der Waals surface area contributed by atoms with E-state index >= 15 is 0 Å². The number of carbonyl (C=O) groups is 1. The van der Waals surface area contributed by atoms with E-state index in [1.54, 1.807) is 18.2 Å². The molecule has 0 atom stereocenters. The van der Waals surface area contributed by atoms with E-state index < -0.39 is 0 Å². The third-order valence-electron chi connectivity index (χ3n) is 2.83. The topological polar surface area (TPSA) is 109 Å². The SMILES string of the molecule is COc1cccc(/C=N/NC(=O)Cc2cc(=O)[nH][nH]2)c1OC. The number of carbonyl (C=O) groups excluding carboxylic acids is 1. The molecular formula is C14H16N4O4. The van der Waals surface area contributed by atoms with Gasteiger partial charge in [0.05, 0.1) is 26.9 Å². The minimum absolute atomic E-state index is 0.0192. The summed E-state index contributed by atoms with van der Waals surface area (Å²) in [5, 5.41) is 8.81. The van der Waals surface area contributed by atoms with Crippen LogP contribution >= 0.6 is 0 Å². The third kappa shape index (κ3) is 3.75. The molecule has 2 rings (SSSR count). The van der Waals surface area contributed by atoms with Crippen molar-refractivity contribution in [2.24, 2.45) is 5.10 Å². The molecule has 1 amide bonds. The van der Waals surface area contributed by atoms with Gasteiger partial charge in [-0.25, -0.2) is 5.43 Å². The van der Waals surface area contributed by atoms with Gasteiger partial charge < -0.3 is 14.6 Å². The molecule has 0 bridgehead atoms. The van der Waals surface area contributed by atoms with Crippen LogP contribution in [0, 0.1) is 0 Å². The Kier molecular flexibility index (Phi) is 4.97. The van der Waals surface area contributed by atoms with Gasteiger partial charge in [-0.1, -0.05) is 6.07 Å². The van der Waals surface area contributed by atoms with Gasteiger partial charge in [-0.05, 0) is 12.1 Å². The third-order valence-corrected chi connectivity index (χ3v) is 2.83. The van der Waals surface area contributed by atoms with Crippen LogP contribution in [0.3, 0.4) is 0 Å². The number of hydrogen-bond acceptors (Lipinski definition) is 5. The second-order valence-electron chi connectivity index (χ2n) is 4.34. The fourth-order valence-electron chi connectivity index (χ4n) is 1.87. The lowest BCUT2D eigenvalue weighted by atomic mass is 10.2. The van der Waals surface area contributed by atoms with E-state index in [1.807, 2.05) is 0 Å². The maximum Gasteiger partial charge on any atom is 0.264 e. The van der Waals surface area contributed by atoms with Crippen LogP contribution in [-0.2, 0) is 11.2 Å². The number of benzene rings is 1. The van der Waals surface area contributed by atoms with Gasteiger partial charge in [0.15, 0.2) is 11.5 Å². The Bertz CT molecular complexity index is 732. The highest BCUT2D eigenvalue weighted by Gasteiger charge is 2.08. The van der Waals surface area contributed by atoms with Crippen molar-refractivity contribution in [1.82, 2.24) is 15.6 Å². The number of ether oxygens (including phenoxy) is 2. The maximum atomic E-state index is 11.7. The molecule has 1 heterocycles. The predicted molar refractivity (Wildman–Crippen MR) is 80.4 cm³/mol. The standard InChI is InChI=1S/C14H16N4O4/c1-21-11-5-3-4-9(14(11)22-2)8-15-17-12(19)6-10-7-13(20)18-16-10/h3-5,7-8H,6H2,1-2H3,(H,17,19)(H2,16,18,20)/b15-8+. The lowest BCUT2D eigenvalue weighted by Crippen LogP contribution is -2.20. The molecule has 0 spiro atoms. The van der Waals surface area contributed by atoms with E-state index in [-0.39, 0.29) is 17.9 Å². The van der Waals surface area contributed by atoms with Crippen LogP contribution in [-0.4, -0.2) is 36.5 Å². The number of aromatic nitrogens is 2. The molecule has 0 radical (unpaired) electrons. The molecule has 2 aromatic rings. The van der Waals surface area contributed by atoms with Crippen molar-refractivity contribution >= 4 is 12.1 Å². The molecular weight excluding hydrogens is 288 g/mol. The number of para-hydroxylation sites is 1. The molecule has 8 nitrogen and oxygen atoms in total. The van der Waals surface area contributed by atoms with E-state index in [0.29, 0.717) is 22.8 Å². The first-order valence-corrected chi connectivity index (χ1v) is 6.43. The van der Waals surface area contributed by atoms with Gasteiger partial charge >= 0.3 is 0 Å². The summed E-state index contributed by atoms with van der Waals surface area (Å²) in [6, 6.07) is 6.64. The van der Waals surface area contributed by atoms with E-state index in [4.69, 9.17) is 9.47 Å². The van der Waals surface area contributed by atoms with Crippen molar-refractivity contribution < 1.29 is 14.3 Å². The summed E-state index contributed by atoms with van der Waals surface area (Å²) in [6.45, 7) is 0. The Morgan fingerprint density at radius 2 is 2.14 bits per heavy atom. The van der Waals surface area contributed by atoms with Crippen molar-refractivity contribution in [2.45, 2.75) is 6.42 Å². The van der Waals surface area contributed by atoms with E-state index in [1.165, 1.54) is 26.5 Å². The molecule has 0 saturated carbocycles. The summed E-state index contributed by atoms with van der Waals surface area (Å²) in [6.07, 6.45) is 1.48. The average Bonchev–Trinajstić information content (AvgIpc) is 2.91. The van der Waals surface area contributed by atoms with Gasteiger partial charge in [-0.2, -0.15) is 5.10 Å². The van der Waals surface area contributed by atoms with Crippen LogP contribution in [0.2, 0.25) is 0 Å². The minimum Gasteiger partial charge on any atom is -0.493 e. The molecule has 8 heteroatoms. The molecule has 0 aliphatic carbocycles. The summed E-state index contributed by atoms with van der Waals surface area (Å²) in [5.41, 5.74) is 3.24. The molecule has 0 aliphatic rings. The number of hydrogen-bond donors (Lipinski definition) is 3. The zero-order valence-electron chi connectivity index (χ0n) is 12.2. The highest BCUT2D eigenvalue weighted by Crippen LogP contribution is 2.29. The number of hydrazone groups is 1. The van der Waals surface area contributed by atoms with Crippen LogP contribution in [0.4, 0.5) is 0 Å². The fourth-order valence-corrected chi connectivity index (χ4v) is 1.87. The van der Waals surface area contributed by atoms with Gasteiger partial charge in [0.1, 0.15) is 0 Å². The number of nitrogens with zero attached hydrogens (tertiary/aromatic N) is 1. The van der Waals surface area contributed by atoms with Crippen LogP contribution in [0.1, 0.15) is 11.3 Å². The highest BCUT2D eigenvalue weighted by molar-refractivity contribution is 5.86. The van der Waals surface area contributed by atoms with E-state index in [9.17, 15) is 9.59 Å². The minimum atomic E-state index is -0.353. The maximum absolute atomic E-state index is 11.7.